The number of carbonyl (C=O) groups is 1. The van der Waals surface area contributed by atoms with E-state index in [4.69, 9.17) is 0 Å². The van der Waals surface area contributed by atoms with Crippen LogP contribution in [0.5, 0.6) is 0 Å². The fourth-order valence-electron chi connectivity index (χ4n) is 4.44. The van der Waals surface area contributed by atoms with Crippen molar-refractivity contribution in [2.75, 3.05) is 25.4 Å². The monoisotopic (exact) mass is 416 g/mol. The largest absolute Gasteiger partial charge is 0.333 e. The average Bonchev–Trinajstić information content (AvgIpc) is 2.94. The van der Waals surface area contributed by atoms with Crippen molar-refractivity contribution in [1.29, 1.82) is 0 Å². The lowest BCUT2D eigenvalue weighted by Crippen LogP contribution is -2.56. The number of benzene rings is 2. The highest BCUT2D eigenvalue weighted by atomic mass is 32.2. The Hall–Kier alpha value is -2.25. The molecule has 2 fully saturated rings. The van der Waals surface area contributed by atoms with E-state index < -0.39 is 15.1 Å². The van der Waals surface area contributed by atoms with Crippen LogP contribution in [-0.2, 0) is 16.4 Å². The molecule has 7 heteroatoms. The van der Waals surface area contributed by atoms with Gasteiger partial charge in [-0.3, -0.25) is 9.69 Å². The molecule has 2 aromatic rings. The second kappa shape index (κ2) is 8.24. The molecule has 2 aliphatic rings. The first kappa shape index (κ1) is 20.0. The van der Waals surface area contributed by atoms with Gasteiger partial charge in [0, 0.05) is 25.2 Å². The SMILES string of the molecule is O=C(c1ccccc1)N1CCS(=O)(=O)[C@H]2CCN(Cc3ccc(F)cc3)CC[C@@H]21. The third kappa shape index (κ3) is 4.36. The lowest BCUT2D eigenvalue weighted by atomic mass is 10.0. The maximum atomic E-state index is 13.2. The van der Waals surface area contributed by atoms with Gasteiger partial charge in [-0.1, -0.05) is 30.3 Å². The normalized spacial score (nSPS) is 24.5. The highest BCUT2D eigenvalue weighted by molar-refractivity contribution is 7.92. The van der Waals surface area contributed by atoms with Gasteiger partial charge in [-0.15, -0.1) is 0 Å². The van der Waals surface area contributed by atoms with Crippen LogP contribution in [-0.4, -0.2) is 60.8 Å². The highest BCUT2D eigenvalue weighted by Crippen LogP contribution is 2.29. The Kier molecular flexibility index (Phi) is 5.69. The van der Waals surface area contributed by atoms with Crippen molar-refractivity contribution in [3.8, 4) is 0 Å². The standard InChI is InChI=1S/C22H25FN2O3S/c23-19-8-6-17(7-9-19)16-24-12-10-20-21(11-13-24)29(27,28)15-14-25(20)22(26)18-4-2-1-3-5-18/h1-9,20-21H,10-16H2/t20-,21-/m0/s1. The Morgan fingerprint density at radius 3 is 2.38 bits per heavy atom. The summed E-state index contributed by atoms with van der Waals surface area (Å²) >= 11 is 0. The predicted molar refractivity (Wildman–Crippen MR) is 110 cm³/mol. The molecule has 0 N–H and O–H groups in total. The van der Waals surface area contributed by atoms with Crippen molar-refractivity contribution in [2.24, 2.45) is 0 Å². The molecule has 2 aromatic carbocycles. The molecule has 1 amide bonds. The van der Waals surface area contributed by atoms with E-state index in [-0.39, 0.29) is 30.1 Å². The summed E-state index contributed by atoms with van der Waals surface area (Å²) in [5, 5.41) is -0.526. The zero-order chi connectivity index (χ0) is 20.4. The van der Waals surface area contributed by atoms with Crippen molar-refractivity contribution < 1.29 is 17.6 Å². The number of fused-ring (bicyclic) bond motifs is 1. The molecule has 154 valence electrons. The Morgan fingerprint density at radius 2 is 1.66 bits per heavy atom. The third-order valence-electron chi connectivity index (χ3n) is 5.98. The van der Waals surface area contributed by atoms with Crippen LogP contribution >= 0.6 is 0 Å². The maximum absolute atomic E-state index is 13.2. The van der Waals surface area contributed by atoms with E-state index in [9.17, 15) is 17.6 Å². The van der Waals surface area contributed by atoms with Crippen molar-refractivity contribution in [3.05, 3.63) is 71.5 Å². The Bertz CT molecular complexity index is 963. The third-order valence-corrected chi connectivity index (χ3v) is 8.20. The van der Waals surface area contributed by atoms with Crippen molar-refractivity contribution >= 4 is 15.7 Å². The molecule has 0 bridgehead atoms. The predicted octanol–water partition coefficient (Wildman–Crippen LogP) is 2.73. The van der Waals surface area contributed by atoms with Gasteiger partial charge in [0.2, 0.25) is 0 Å². The van der Waals surface area contributed by atoms with Crippen molar-refractivity contribution in [2.45, 2.75) is 30.7 Å². The number of nitrogens with zero attached hydrogens (tertiary/aromatic N) is 2. The van der Waals surface area contributed by atoms with Crippen LogP contribution in [0.1, 0.15) is 28.8 Å². The highest BCUT2D eigenvalue weighted by Gasteiger charge is 2.44. The number of hydrogen-bond acceptors (Lipinski definition) is 4. The van der Waals surface area contributed by atoms with Crippen LogP contribution in [0.25, 0.3) is 0 Å². The van der Waals surface area contributed by atoms with E-state index in [1.54, 1.807) is 29.2 Å². The molecule has 2 aliphatic heterocycles. The van der Waals surface area contributed by atoms with Gasteiger partial charge in [-0.05, 0) is 49.2 Å². The van der Waals surface area contributed by atoms with Gasteiger partial charge in [-0.25, -0.2) is 12.8 Å². The number of amides is 1. The Balaban J connectivity index is 1.53. The summed E-state index contributed by atoms with van der Waals surface area (Å²) in [5.74, 6) is -0.343. The van der Waals surface area contributed by atoms with Crippen LogP contribution in [0.4, 0.5) is 4.39 Å². The zero-order valence-electron chi connectivity index (χ0n) is 16.2. The average molecular weight is 417 g/mol. The smallest absolute Gasteiger partial charge is 0.254 e. The zero-order valence-corrected chi connectivity index (χ0v) is 17.0. The minimum Gasteiger partial charge on any atom is -0.333 e. The molecular formula is C22H25FN2O3S. The maximum Gasteiger partial charge on any atom is 0.254 e. The lowest BCUT2D eigenvalue weighted by molar-refractivity contribution is 0.0665. The van der Waals surface area contributed by atoms with Gasteiger partial charge < -0.3 is 4.90 Å². The molecule has 2 heterocycles. The summed E-state index contributed by atoms with van der Waals surface area (Å²) in [5.41, 5.74) is 1.59. The first-order valence-electron chi connectivity index (χ1n) is 9.98. The van der Waals surface area contributed by atoms with Gasteiger partial charge in [0.25, 0.3) is 5.91 Å². The van der Waals surface area contributed by atoms with E-state index in [0.717, 1.165) is 5.56 Å². The van der Waals surface area contributed by atoms with Gasteiger partial charge in [0.05, 0.1) is 17.0 Å². The number of carbonyl (C=O) groups excluding carboxylic acids is 1. The fourth-order valence-corrected chi connectivity index (χ4v) is 6.42. The molecule has 0 aromatic heterocycles. The molecular weight excluding hydrogens is 391 g/mol. The van der Waals surface area contributed by atoms with Gasteiger partial charge in [0.1, 0.15) is 5.82 Å². The summed E-state index contributed by atoms with van der Waals surface area (Å²) in [4.78, 5) is 17.0. The van der Waals surface area contributed by atoms with Crippen LogP contribution < -0.4 is 0 Å². The van der Waals surface area contributed by atoms with Crippen LogP contribution in [0, 0.1) is 5.82 Å². The summed E-state index contributed by atoms with van der Waals surface area (Å²) in [6, 6.07) is 15.2. The van der Waals surface area contributed by atoms with Gasteiger partial charge in [-0.2, -0.15) is 0 Å². The van der Waals surface area contributed by atoms with Crippen LogP contribution in [0.2, 0.25) is 0 Å². The second-order valence-corrected chi connectivity index (χ2v) is 10.2. The number of sulfone groups is 1. The summed E-state index contributed by atoms with van der Waals surface area (Å²) < 4.78 is 38.7. The summed E-state index contributed by atoms with van der Waals surface area (Å²) in [6.07, 6.45) is 1.12. The van der Waals surface area contributed by atoms with Crippen molar-refractivity contribution in [3.63, 3.8) is 0 Å². The minimum atomic E-state index is -3.23. The van der Waals surface area contributed by atoms with E-state index >= 15 is 0 Å². The minimum absolute atomic E-state index is 0.0186. The number of halogens is 1. The van der Waals surface area contributed by atoms with E-state index in [1.807, 2.05) is 18.2 Å². The van der Waals surface area contributed by atoms with Crippen molar-refractivity contribution in [1.82, 2.24) is 9.80 Å². The first-order chi connectivity index (χ1) is 13.9. The topological polar surface area (TPSA) is 57.7 Å². The number of likely N-dealkylation sites (tertiary alicyclic amines) is 1. The Labute approximate surface area is 171 Å². The van der Waals surface area contributed by atoms with Gasteiger partial charge in [0.15, 0.2) is 9.84 Å². The lowest BCUT2D eigenvalue weighted by Gasteiger charge is -2.40. The quantitative estimate of drug-likeness (QED) is 0.772. The van der Waals surface area contributed by atoms with E-state index in [0.29, 0.717) is 38.0 Å². The molecule has 5 nitrogen and oxygen atoms in total. The Morgan fingerprint density at radius 1 is 0.966 bits per heavy atom. The number of hydrogen-bond donors (Lipinski definition) is 0. The van der Waals surface area contributed by atoms with E-state index in [2.05, 4.69) is 4.90 Å². The molecule has 0 saturated carbocycles. The molecule has 0 radical (unpaired) electrons. The molecule has 2 atom stereocenters. The second-order valence-electron chi connectivity index (χ2n) is 7.82. The van der Waals surface area contributed by atoms with Crippen LogP contribution in [0.15, 0.2) is 54.6 Å². The first-order valence-corrected chi connectivity index (χ1v) is 11.7. The summed E-state index contributed by atoms with van der Waals surface area (Å²) in [7, 11) is -3.23. The van der Waals surface area contributed by atoms with Crippen LogP contribution in [0.3, 0.4) is 0 Å². The fraction of sp³-hybridized carbons (Fsp3) is 0.409. The molecule has 0 unspecified atom stereocenters. The molecule has 4 rings (SSSR count). The van der Waals surface area contributed by atoms with E-state index in [1.165, 1.54) is 12.1 Å². The van der Waals surface area contributed by atoms with Gasteiger partial charge >= 0.3 is 0 Å². The molecule has 0 aliphatic carbocycles. The molecule has 2 saturated heterocycles. The summed E-state index contributed by atoms with van der Waals surface area (Å²) in [6.45, 7) is 2.24. The molecule has 0 spiro atoms. The molecule has 29 heavy (non-hydrogen) atoms. The number of rotatable bonds is 3.